The van der Waals surface area contributed by atoms with Gasteiger partial charge in [-0.2, -0.15) is 0 Å². The van der Waals surface area contributed by atoms with Crippen LogP contribution in [0.4, 0.5) is 0 Å². The first-order valence-corrected chi connectivity index (χ1v) is 22.9. The van der Waals surface area contributed by atoms with Crippen molar-refractivity contribution < 1.29 is 38.6 Å². The molecule has 0 bridgehead atoms. The molecule has 5 amide bonds. The van der Waals surface area contributed by atoms with Crippen LogP contribution in [-0.4, -0.2) is 106 Å². The first-order chi connectivity index (χ1) is 27.3. The Bertz CT molecular complexity index is 1720. The lowest BCUT2D eigenvalue weighted by Crippen LogP contribution is -2.61. The molecule has 0 aromatic heterocycles. The molecule has 59 heavy (non-hydrogen) atoms. The molecule has 0 radical (unpaired) electrons. The summed E-state index contributed by atoms with van der Waals surface area (Å²) in [5, 5.41) is 15.3. The Labute approximate surface area is 359 Å². The van der Waals surface area contributed by atoms with Crippen LogP contribution < -0.4 is 21.1 Å². The number of hydrogen-bond donors (Lipinski definition) is 4. The van der Waals surface area contributed by atoms with Crippen molar-refractivity contribution in [1.82, 2.24) is 20.4 Å². The van der Waals surface area contributed by atoms with Gasteiger partial charge in [0.15, 0.2) is 0 Å². The van der Waals surface area contributed by atoms with Crippen molar-refractivity contribution in [2.75, 3.05) is 27.2 Å². The number of ether oxygens (including phenoxy) is 1. The molecule has 2 unspecified atom stereocenters. The number of nitrogens with zero attached hydrogens (tertiary/aromatic N) is 2. The zero-order chi connectivity index (χ0) is 44.6. The highest BCUT2D eigenvalue weighted by Crippen LogP contribution is 2.44. The topological polar surface area (TPSA) is 188 Å². The van der Waals surface area contributed by atoms with Crippen LogP contribution in [-0.2, 0) is 34.2 Å². The van der Waals surface area contributed by atoms with Gasteiger partial charge < -0.3 is 31.1 Å². The lowest BCUT2D eigenvalue weighted by Gasteiger charge is -2.40. The Kier molecular flexibility index (Phi) is 17.6. The highest BCUT2D eigenvalue weighted by atomic mass is 33.1. The number of amides is 5. The maximum Gasteiger partial charge on any atom is 0.331 e. The number of benzene rings is 1. The number of likely N-dealkylation sites (N-methyl/N-ethyl adjacent to an activating group) is 2. The maximum absolute atomic E-state index is 14.1. The number of rotatable bonds is 20. The van der Waals surface area contributed by atoms with E-state index in [9.17, 15) is 33.9 Å². The minimum atomic E-state index is -1.05. The van der Waals surface area contributed by atoms with Crippen LogP contribution in [0.2, 0.25) is 0 Å². The van der Waals surface area contributed by atoms with Gasteiger partial charge in [-0.25, -0.2) is 4.79 Å². The quantitative estimate of drug-likeness (QED) is 0.0690. The van der Waals surface area contributed by atoms with Crippen molar-refractivity contribution >= 4 is 57.1 Å². The molecule has 1 saturated carbocycles. The second-order valence-corrected chi connectivity index (χ2v) is 21.9. The molecule has 330 valence electrons. The summed E-state index contributed by atoms with van der Waals surface area (Å²) in [6, 6.07) is 5.51. The van der Waals surface area contributed by atoms with E-state index in [0.717, 1.165) is 18.4 Å². The third-order valence-corrected chi connectivity index (χ3v) is 15.4. The normalized spacial score (nSPS) is 20.9. The monoisotopic (exact) mass is 859 g/mol. The van der Waals surface area contributed by atoms with Crippen LogP contribution in [0.5, 0.6) is 5.75 Å². The van der Waals surface area contributed by atoms with E-state index in [1.807, 2.05) is 72.7 Å². The molecule has 3 rings (SSSR count). The van der Waals surface area contributed by atoms with E-state index >= 15 is 0 Å². The largest absolute Gasteiger partial charge is 0.494 e. The van der Waals surface area contributed by atoms with E-state index in [4.69, 9.17) is 10.5 Å². The molecule has 4 atom stereocenters. The Morgan fingerprint density at radius 1 is 1.03 bits per heavy atom. The highest BCUT2D eigenvalue weighted by molar-refractivity contribution is 8.77. The van der Waals surface area contributed by atoms with Gasteiger partial charge in [-0.3, -0.25) is 28.9 Å². The number of carboxylic acid groups (broad SMARTS) is 1. The summed E-state index contributed by atoms with van der Waals surface area (Å²) in [5.41, 5.74) is 5.06. The van der Waals surface area contributed by atoms with Crippen LogP contribution in [0, 0.1) is 23.2 Å². The molecular weight excluding hydrogens is 791 g/mol. The van der Waals surface area contributed by atoms with Gasteiger partial charge in [0.05, 0.1) is 18.7 Å². The average Bonchev–Trinajstić information content (AvgIpc) is 3.41. The summed E-state index contributed by atoms with van der Waals surface area (Å²) in [7, 11) is 6.38. The number of likely N-dealkylation sites (tertiary alicyclic amines) is 1. The minimum Gasteiger partial charge on any atom is -0.494 e. The second-order valence-electron chi connectivity index (χ2n) is 18.8. The molecule has 2 fully saturated rings. The van der Waals surface area contributed by atoms with Gasteiger partial charge in [0, 0.05) is 41.7 Å². The molecule has 1 aliphatic carbocycles. The Morgan fingerprint density at radius 2 is 1.66 bits per heavy atom. The summed E-state index contributed by atoms with van der Waals surface area (Å²) in [6.07, 6.45) is 5.40. The number of primary amides is 1. The molecule has 1 aliphatic heterocycles. The van der Waals surface area contributed by atoms with Gasteiger partial charge >= 0.3 is 5.97 Å². The third kappa shape index (κ3) is 13.5. The van der Waals surface area contributed by atoms with Crippen molar-refractivity contribution in [2.45, 2.75) is 141 Å². The van der Waals surface area contributed by atoms with Gasteiger partial charge in [-0.05, 0) is 94.9 Å². The Hall–Kier alpha value is -3.56. The van der Waals surface area contributed by atoms with Gasteiger partial charge in [0.2, 0.25) is 29.5 Å². The fourth-order valence-corrected chi connectivity index (χ4v) is 10.5. The summed E-state index contributed by atoms with van der Waals surface area (Å²) in [5.74, 6) is -1.62. The van der Waals surface area contributed by atoms with E-state index in [1.54, 1.807) is 31.0 Å². The van der Waals surface area contributed by atoms with Crippen LogP contribution in [0.3, 0.4) is 0 Å². The number of aliphatic carboxylic acids is 1. The van der Waals surface area contributed by atoms with Crippen LogP contribution in [0.25, 0.3) is 0 Å². The van der Waals surface area contributed by atoms with Crippen molar-refractivity contribution in [3.8, 4) is 5.75 Å². The lowest BCUT2D eigenvalue weighted by molar-refractivity contribution is -0.141. The predicted molar refractivity (Wildman–Crippen MR) is 236 cm³/mol. The van der Waals surface area contributed by atoms with Crippen molar-refractivity contribution in [3.05, 3.63) is 41.5 Å². The van der Waals surface area contributed by atoms with Gasteiger partial charge in [0.1, 0.15) is 17.0 Å². The van der Waals surface area contributed by atoms with E-state index < -0.39 is 40.2 Å². The Morgan fingerprint density at radius 3 is 2.20 bits per heavy atom. The van der Waals surface area contributed by atoms with Gasteiger partial charge in [-0.15, -0.1) is 0 Å². The number of nitrogens with one attached hydrogen (secondary N) is 2. The number of carboxylic acids is 1. The van der Waals surface area contributed by atoms with Crippen LogP contribution in [0.15, 0.2) is 35.9 Å². The fraction of sp³-hybridized carbons (Fsp3) is 0.682. The fourth-order valence-electron chi connectivity index (χ4n) is 7.73. The SMILES string of the molecule is CN[C@H](C(=O)NC(C(=O)N(C)[C@H](/C=C(\C)C(=O)O)C(C)C)C(C)(C)C)C(C)(C)c1cccc(OCCC(C)(C)SSC2CC(=O)N(CC3CCC(C(N)=O)CC3)C2=O)c1. The van der Waals surface area contributed by atoms with Gasteiger partial charge in [-0.1, -0.05) is 88.3 Å². The Balaban J connectivity index is 1.62. The molecular formula is C44H69N5O8S2. The summed E-state index contributed by atoms with van der Waals surface area (Å²) in [4.78, 5) is 80.4. The van der Waals surface area contributed by atoms with Crippen LogP contribution in [0.1, 0.15) is 113 Å². The zero-order valence-corrected chi connectivity index (χ0v) is 38.8. The number of hydrogen-bond acceptors (Lipinski definition) is 10. The van der Waals surface area contributed by atoms with E-state index in [-0.39, 0.29) is 64.0 Å². The molecule has 1 aromatic rings. The molecule has 2 aliphatic rings. The maximum atomic E-state index is 14.1. The van der Waals surface area contributed by atoms with Crippen molar-refractivity contribution in [1.29, 1.82) is 0 Å². The van der Waals surface area contributed by atoms with Crippen molar-refractivity contribution in [2.24, 2.45) is 28.9 Å². The van der Waals surface area contributed by atoms with Gasteiger partial charge in [0.25, 0.3) is 0 Å². The lowest BCUT2D eigenvalue weighted by atomic mass is 9.76. The zero-order valence-electron chi connectivity index (χ0n) is 37.2. The first kappa shape index (κ1) is 49.8. The first-order valence-electron chi connectivity index (χ1n) is 20.7. The second kappa shape index (κ2) is 20.8. The van der Waals surface area contributed by atoms with E-state index in [2.05, 4.69) is 24.5 Å². The summed E-state index contributed by atoms with van der Waals surface area (Å²) < 4.78 is 5.98. The number of carbonyl (C=O) groups excluding carboxylic acids is 5. The highest BCUT2D eigenvalue weighted by Gasteiger charge is 2.43. The van der Waals surface area contributed by atoms with E-state index in [1.165, 1.54) is 27.5 Å². The molecule has 13 nitrogen and oxygen atoms in total. The predicted octanol–water partition coefficient (Wildman–Crippen LogP) is 5.95. The average molecular weight is 860 g/mol. The molecule has 1 saturated heterocycles. The molecule has 1 aromatic carbocycles. The number of carbonyl (C=O) groups is 6. The molecule has 15 heteroatoms. The van der Waals surface area contributed by atoms with E-state index in [0.29, 0.717) is 38.2 Å². The summed E-state index contributed by atoms with van der Waals surface area (Å²) in [6.45, 7) is 19.9. The van der Waals surface area contributed by atoms with Crippen LogP contribution >= 0.6 is 21.6 Å². The number of nitrogens with two attached hydrogens (primary N) is 1. The number of imide groups is 1. The minimum absolute atomic E-state index is 0.0726. The molecule has 1 heterocycles. The smallest absolute Gasteiger partial charge is 0.331 e. The summed E-state index contributed by atoms with van der Waals surface area (Å²) >= 11 is 0. The standard InChI is InChI=1S/C44H69N5O8S2/c1-26(2)32(22-27(3)41(55)56)48(12)40(54)36(42(4,5)6)47-38(52)35(46-11)44(9,10)30-14-13-15-31(23-30)57-21-20-43(7,8)59-58-33-24-34(50)49(39(33)53)25-28-16-18-29(19-17-28)37(45)51/h13-15,22-23,26,28-29,32-33,35-36,46H,16-21,24-25H2,1-12H3,(H2,45,51)(H,47,52)(H,55,56)/b27-22+/t28?,29?,32-,33?,35-,36?/m1/s1. The third-order valence-electron chi connectivity index (χ3n) is 11.7. The molecule has 0 spiro atoms. The van der Waals surface area contributed by atoms with Crippen molar-refractivity contribution in [3.63, 3.8) is 0 Å². The molecule has 5 N–H and O–H groups in total.